The molecule has 1 heterocycles. The normalized spacial score (nSPS) is 18.5. The van der Waals surface area contributed by atoms with Crippen LogP contribution >= 0.6 is 0 Å². The summed E-state index contributed by atoms with van der Waals surface area (Å²) in [6.45, 7) is 5.85. The summed E-state index contributed by atoms with van der Waals surface area (Å²) in [4.78, 5) is 4.22. The molecule has 1 saturated heterocycles. The first-order chi connectivity index (χ1) is 10.8. The van der Waals surface area contributed by atoms with Crippen LogP contribution in [0.1, 0.15) is 24.0 Å². The van der Waals surface area contributed by atoms with Crippen LogP contribution in [0.4, 0.5) is 0 Å². The van der Waals surface area contributed by atoms with Crippen molar-refractivity contribution in [3.63, 3.8) is 0 Å². The Morgan fingerprint density at radius 2 is 2.23 bits per heavy atom. The van der Waals surface area contributed by atoms with Gasteiger partial charge in [0.15, 0.2) is 5.96 Å². The van der Waals surface area contributed by atoms with E-state index in [9.17, 15) is 0 Å². The molecule has 1 fully saturated rings. The van der Waals surface area contributed by atoms with Crippen LogP contribution in [0.25, 0.3) is 0 Å². The van der Waals surface area contributed by atoms with Gasteiger partial charge in [0.2, 0.25) is 0 Å². The predicted molar refractivity (Wildman–Crippen MR) is 89.2 cm³/mol. The van der Waals surface area contributed by atoms with Crippen molar-refractivity contribution in [2.24, 2.45) is 4.99 Å². The first-order valence-electron chi connectivity index (χ1n) is 7.98. The highest BCUT2D eigenvalue weighted by Gasteiger charge is 2.14. The number of benzene rings is 1. The van der Waals surface area contributed by atoms with Gasteiger partial charge in [-0.1, -0.05) is 24.3 Å². The SMILES string of the molecule is CN=C(NCCOCC1CCCO1)NCc1ccccc1C. The number of aryl methyl sites for hydroxylation is 1. The Bertz CT molecular complexity index is 471. The standard InChI is InChI=1S/C17H27N3O2/c1-14-6-3-4-7-15(14)12-20-17(18-2)19-9-11-21-13-16-8-5-10-22-16/h3-4,6-7,16H,5,8-13H2,1-2H3,(H2,18,19,20). The summed E-state index contributed by atoms with van der Waals surface area (Å²) in [6, 6.07) is 8.35. The van der Waals surface area contributed by atoms with Crippen molar-refractivity contribution in [2.75, 3.05) is 33.4 Å². The molecule has 22 heavy (non-hydrogen) atoms. The summed E-state index contributed by atoms with van der Waals surface area (Å²) in [5, 5.41) is 6.57. The number of guanidine groups is 1. The van der Waals surface area contributed by atoms with Crippen molar-refractivity contribution < 1.29 is 9.47 Å². The molecular formula is C17H27N3O2. The van der Waals surface area contributed by atoms with E-state index in [0.717, 1.165) is 38.5 Å². The van der Waals surface area contributed by atoms with Crippen molar-refractivity contribution in [3.05, 3.63) is 35.4 Å². The van der Waals surface area contributed by atoms with E-state index < -0.39 is 0 Å². The molecule has 1 unspecified atom stereocenters. The Labute approximate surface area is 133 Å². The van der Waals surface area contributed by atoms with Crippen LogP contribution in [-0.2, 0) is 16.0 Å². The number of rotatable bonds is 7. The fraction of sp³-hybridized carbons (Fsp3) is 0.588. The first-order valence-corrected chi connectivity index (χ1v) is 7.98. The van der Waals surface area contributed by atoms with Crippen LogP contribution in [0.3, 0.4) is 0 Å². The van der Waals surface area contributed by atoms with E-state index in [2.05, 4.69) is 46.8 Å². The van der Waals surface area contributed by atoms with Crippen LogP contribution in [0.5, 0.6) is 0 Å². The number of aliphatic imine (C=N–C) groups is 1. The van der Waals surface area contributed by atoms with Gasteiger partial charge < -0.3 is 20.1 Å². The quantitative estimate of drug-likeness (QED) is 0.459. The van der Waals surface area contributed by atoms with Gasteiger partial charge in [-0.15, -0.1) is 0 Å². The molecule has 5 nitrogen and oxygen atoms in total. The lowest BCUT2D eigenvalue weighted by Gasteiger charge is -2.14. The second-order valence-electron chi connectivity index (χ2n) is 5.49. The van der Waals surface area contributed by atoms with E-state index in [0.29, 0.717) is 19.3 Å². The van der Waals surface area contributed by atoms with Crippen molar-refractivity contribution in [2.45, 2.75) is 32.4 Å². The Balaban J connectivity index is 1.60. The summed E-state index contributed by atoms with van der Waals surface area (Å²) >= 11 is 0. The molecule has 0 saturated carbocycles. The lowest BCUT2D eigenvalue weighted by molar-refractivity contribution is 0.0191. The molecule has 1 aliphatic rings. The van der Waals surface area contributed by atoms with Crippen molar-refractivity contribution in [1.82, 2.24) is 10.6 Å². The summed E-state index contributed by atoms with van der Waals surface area (Å²) < 4.78 is 11.1. The molecule has 1 aromatic rings. The maximum atomic E-state index is 5.62. The fourth-order valence-electron chi connectivity index (χ4n) is 2.44. The summed E-state index contributed by atoms with van der Waals surface area (Å²) in [5.74, 6) is 0.795. The summed E-state index contributed by atoms with van der Waals surface area (Å²) in [6.07, 6.45) is 2.56. The number of nitrogens with zero attached hydrogens (tertiary/aromatic N) is 1. The van der Waals surface area contributed by atoms with Gasteiger partial charge in [0, 0.05) is 26.7 Å². The van der Waals surface area contributed by atoms with Crippen LogP contribution in [-0.4, -0.2) is 45.5 Å². The number of hydrogen-bond donors (Lipinski definition) is 2. The first kappa shape index (κ1) is 16.8. The topological polar surface area (TPSA) is 54.9 Å². The number of hydrogen-bond acceptors (Lipinski definition) is 3. The van der Waals surface area contributed by atoms with Gasteiger partial charge in [-0.25, -0.2) is 0 Å². The zero-order valence-corrected chi connectivity index (χ0v) is 13.6. The van der Waals surface area contributed by atoms with Crippen molar-refractivity contribution in [1.29, 1.82) is 0 Å². The molecule has 2 rings (SSSR count). The molecule has 0 aromatic heterocycles. The molecule has 5 heteroatoms. The second kappa shape index (κ2) is 9.43. The lowest BCUT2D eigenvalue weighted by Crippen LogP contribution is -2.38. The maximum Gasteiger partial charge on any atom is 0.191 e. The molecular weight excluding hydrogens is 278 g/mol. The Morgan fingerprint density at radius 3 is 2.95 bits per heavy atom. The van der Waals surface area contributed by atoms with Crippen molar-refractivity contribution >= 4 is 5.96 Å². The smallest absolute Gasteiger partial charge is 0.191 e. The lowest BCUT2D eigenvalue weighted by atomic mass is 10.1. The molecule has 1 atom stereocenters. The minimum absolute atomic E-state index is 0.290. The van der Waals surface area contributed by atoms with Gasteiger partial charge in [-0.2, -0.15) is 0 Å². The van der Waals surface area contributed by atoms with E-state index >= 15 is 0 Å². The molecule has 0 spiro atoms. The summed E-state index contributed by atoms with van der Waals surface area (Å²) in [7, 11) is 1.78. The highest BCUT2D eigenvalue weighted by Crippen LogP contribution is 2.11. The van der Waals surface area contributed by atoms with Gasteiger partial charge in [0.05, 0.1) is 19.3 Å². The maximum absolute atomic E-state index is 5.62. The average molecular weight is 305 g/mol. The minimum Gasteiger partial charge on any atom is -0.377 e. The largest absolute Gasteiger partial charge is 0.377 e. The molecule has 0 radical (unpaired) electrons. The third-order valence-electron chi connectivity index (χ3n) is 3.80. The van der Waals surface area contributed by atoms with Crippen LogP contribution < -0.4 is 10.6 Å². The third kappa shape index (κ3) is 5.66. The molecule has 2 N–H and O–H groups in total. The third-order valence-corrected chi connectivity index (χ3v) is 3.80. The summed E-state index contributed by atoms with van der Waals surface area (Å²) in [5.41, 5.74) is 2.56. The molecule has 122 valence electrons. The molecule has 0 amide bonds. The van der Waals surface area contributed by atoms with Gasteiger partial charge in [0.25, 0.3) is 0 Å². The van der Waals surface area contributed by atoms with Gasteiger partial charge in [-0.05, 0) is 30.9 Å². The molecule has 1 aliphatic heterocycles. The van der Waals surface area contributed by atoms with Crippen LogP contribution in [0.2, 0.25) is 0 Å². The van der Waals surface area contributed by atoms with Crippen LogP contribution in [0, 0.1) is 6.92 Å². The zero-order chi connectivity index (χ0) is 15.6. The zero-order valence-electron chi connectivity index (χ0n) is 13.6. The molecule has 0 aliphatic carbocycles. The Hall–Kier alpha value is -1.59. The van der Waals surface area contributed by atoms with E-state index in [1.165, 1.54) is 11.1 Å². The fourth-order valence-corrected chi connectivity index (χ4v) is 2.44. The number of ether oxygens (including phenoxy) is 2. The van der Waals surface area contributed by atoms with E-state index in [1.54, 1.807) is 7.05 Å². The Morgan fingerprint density at radius 1 is 1.36 bits per heavy atom. The van der Waals surface area contributed by atoms with Gasteiger partial charge in [0.1, 0.15) is 0 Å². The minimum atomic E-state index is 0.290. The highest BCUT2D eigenvalue weighted by molar-refractivity contribution is 5.79. The highest BCUT2D eigenvalue weighted by atomic mass is 16.5. The predicted octanol–water partition coefficient (Wildman–Crippen LogP) is 1.86. The van der Waals surface area contributed by atoms with Crippen LogP contribution in [0.15, 0.2) is 29.3 Å². The molecule has 0 bridgehead atoms. The Kier molecular flexibility index (Phi) is 7.19. The van der Waals surface area contributed by atoms with Gasteiger partial charge >= 0.3 is 0 Å². The van der Waals surface area contributed by atoms with E-state index in [-0.39, 0.29) is 0 Å². The monoisotopic (exact) mass is 305 g/mol. The molecule has 1 aromatic carbocycles. The van der Waals surface area contributed by atoms with E-state index in [1.807, 2.05) is 0 Å². The van der Waals surface area contributed by atoms with E-state index in [4.69, 9.17) is 9.47 Å². The van der Waals surface area contributed by atoms with Gasteiger partial charge in [-0.3, -0.25) is 4.99 Å². The van der Waals surface area contributed by atoms with Crippen molar-refractivity contribution in [3.8, 4) is 0 Å². The second-order valence-corrected chi connectivity index (χ2v) is 5.49. The number of nitrogens with one attached hydrogen (secondary N) is 2. The average Bonchev–Trinajstić information content (AvgIpc) is 3.05.